The van der Waals surface area contributed by atoms with E-state index >= 15 is 0 Å². The predicted molar refractivity (Wildman–Crippen MR) is 140 cm³/mol. The van der Waals surface area contributed by atoms with Crippen molar-refractivity contribution in [2.45, 2.75) is 44.5 Å². The van der Waals surface area contributed by atoms with E-state index in [2.05, 4.69) is 0 Å². The number of hydrogen-bond acceptors (Lipinski definition) is 4. The van der Waals surface area contributed by atoms with Crippen LogP contribution in [0.15, 0.2) is 72.8 Å². The number of halogens is 3. The Hall–Kier alpha value is -2.83. The molecule has 4 rings (SSSR count). The molecule has 4 nitrogen and oxygen atoms in total. The maximum absolute atomic E-state index is 14.6. The highest BCUT2D eigenvalue weighted by Gasteiger charge is 2.49. The first-order chi connectivity index (χ1) is 16.8. The molecule has 0 fully saturated rings. The number of alkyl halides is 3. The van der Waals surface area contributed by atoms with E-state index in [-0.39, 0.29) is 16.9 Å². The molecule has 4 aromatic carbocycles. The van der Waals surface area contributed by atoms with Crippen LogP contribution >= 0.6 is 7.14 Å². The van der Waals surface area contributed by atoms with Gasteiger partial charge in [0.15, 0.2) is 5.75 Å². The van der Waals surface area contributed by atoms with E-state index in [1.807, 2.05) is 45.9 Å². The van der Waals surface area contributed by atoms with Gasteiger partial charge in [0.2, 0.25) is 0 Å². The standard InChI is InChI=1S/C27H26F3O4PS/c1-17(2)35(31,18(3)4)24-16-14-20-10-6-8-12-22(20)26(24)25-21-11-7-5-9-19(21)13-15-23(25)34-36(32,33)27(28,29)30/h5-18H,1-4H3. The summed E-state index contributed by atoms with van der Waals surface area (Å²) < 4.78 is 83.6. The minimum atomic E-state index is -5.95. The highest BCUT2D eigenvalue weighted by molar-refractivity contribution is 7.88. The van der Waals surface area contributed by atoms with Crippen LogP contribution in [0.4, 0.5) is 13.2 Å². The van der Waals surface area contributed by atoms with Crippen LogP contribution in [0.2, 0.25) is 0 Å². The summed E-state index contributed by atoms with van der Waals surface area (Å²) in [6, 6.07) is 20.5. The van der Waals surface area contributed by atoms with Gasteiger partial charge in [0, 0.05) is 27.7 Å². The Morgan fingerprint density at radius 1 is 0.722 bits per heavy atom. The van der Waals surface area contributed by atoms with E-state index in [0.717, 1.165) is 5.39 Å². The maximum Gasteiger partial charge on any atom is 0.534 e. The summed E-state index contributed by atoms with van der Waals surface area (Å²) in [6.07, 6.45) is 0. The van der Waals surface area contributed by atoms with Crippen molar-refractivity contribution in [2.24, 2.45) is 0 Å². The summed E-state index contributed by atoms with van der Waals surface area (Å²) >= 11 is 0. The Bertz CT molecular complexity index is 1600. The monoisotopic (exact) mass is 534 g/mol. The van der Waals surface area contributed by atoms with Crippen molar-refractivity contribution in [3.63, 3.8) is 0 Å². The van der Waals surface area contributed by atoms with Gasteiger partial charge in [-0.05, 0) is 27.6 Å². The van der Waals surface area contributed by atoms with Gasteiger partial charge in [-0.3, -0.25) is 0 Å². The summed E-state index contributed by atoms with van der Waals surface area (Å²) in [5.41, 5.74) is -5.56. The van der Waals surface area contributed by atoms with Gasteiger partial charge in [-0.25, -0.2) is 0 Å². The third-order valence-corrected chi connectivity index (χ3v) is 11.6. The van der Waals surface area contributed by atoms with E-state index in [4.69, 9.17) is 4.18 Å². The molecule has 0 N–H and O–H groups in total. The predicted octanol–water partition coefficient (Wildman–Crippen LogP) is 7.69. The van der Waals surface area contributed by atoms with E-state index in [0.29, 0.717) is 27.0 Å². The molecule has 0 amide bonds. The highest BCUT2D eigenvalue weighted by atomic mass is 32.2. The molecule has 0 saturated carbocycles. The Kier molecular flexibility index (Phi) is 6.73. The zero-order chi connectivity index (χ0) is 26.5. The lowest BCUT2D eigenvalue weighted by Gasteiger charge is -2.30. The average Bonchev–Trinajstić information content (AvgIpc) is 2.81. The van der Waals surface area contributed by atoms with Crippen LogP contribution in [0.5, 0.6) is 5.75 Å². The van der Waals surface area contributed by atoms with Crippen molar-refractivity contribution >= 4 is 44.1 Å². The molecular weight excluding hydrogens is 508 g/mol. The van der Waals surface area contributed by atoms with Crippen molar-refractivity contribution in [3.8, 4) is 16.9 Å². The summed E-state index contributed by atoms with van der Waals surface area (Å²) in [5.74, 6) is -0.470. The lowest BCUT2D eigenvalue weighted by molar-refractivity contribution is -0.0499. The second kappa shape index (κ2) is 9.24. The van der Waals surface area contributed by atoms with Crippen LogP contribution in [0.25, 0.3) is 32.7 Å². The quantitative estimate of drug-likeness (QED) is 0.145. The molecule has 4 aromatic rings. The molecule has 0 bridgehead atoms. The average molecular weight is 535 g/mol. The van der Waals surface area contributed by atoms with Crippen molar-refractivity contribution in [3.05, 3.63) is 72.8 Å². The van der Waals surface area contributed by atoms with Crippen LogP contribution in [0, 0.1) is 0 Å². The summed E-state index contributed by atoms with van der Waals surface area (Å²) in [7, 11) is -9.09. The maximum atomic E-state index is 14.6. The van der Waals surface area contributed by atoms with Gasteiger partial charge in [0.05, 0.1) is 0 Å². The van der Waals surface area contributed by atoms with E-state index in [1.54, 1.807) is 42.5 Å². The first-order valence-electron chi connectivity index (χ1n) is 11.4. The van der Waals surface area contributed by atoms with Gasteiger partial charge in [-0.2, -0.15) is 21.6 Å². The third kappa shape index (κ3) is 4.31. The van der Waals surface area contributed by atoms with Crippen molar-refractivity contribution in [1.29, 1.82) is 0 Å². The molecular formula is C27H26F3O4PS. The van der Waals surface area contributed by atoms with Gasteiger partial charge in [-0.15, -0.1) is 0 Å². The Labute approximate surface area is 208 Å². The van der Waals surface area contributed by atoms with Crippen LogP contribution in [-0.2, 0) is 14.7 Å². The minimum absolute atomic E-state index is 0.161. The van der Waals surface area contributed by atoms with Crippen LogP contribution in [0.3, 0.4) is 0 Å². The molecule has 0 unspecified atom stereocenters. The van der Waals surface area contributed by atoms with Crippen LogP contribution < -0.4 is 9.49 Å². The van der Waals surface area contributed by atoms with Crippen molar-refractivity contribution in [2.75, 3.05) is 0 Å². The Morgan fingerprint density at radius 3 is 1.69 bits per heavy atom. The van der Waals surface area contributed by atoms with Gasteiger partial charge < -0.3 is 8.75 Å². The topological polar surface area (TPSA) is 60.4 Å². The number of rotatable bonds is 6. The first-order valence-corrected chi connectivity index (χ1v) is 14.7. The second-order valence-electron chi connectivity index (χ2n) is 9.22. The third-order valence-electron chi connectivity index (χ3n) is 6.44. The van der Waals surface area contributed by atoms with Crippen LogP contribution in [0.1, 0.15) is 27.7 Å². The molecule has 0 spiro atoms. The zero-order valence-electron chi connectivity index (χ0n) is 20.2. The summed E-state index contributed by atoms with van der Waals surface area (Å²) in [4.78, 5) is 0. The Morgan fingerprint density at radius 2 is 1.19 bits per heavy atom. The summed E-state index contributed by atoms with van der Waals surface area (Å²) in [5, 5.41) is 3.06. The van der Waals surface area contributed by atoms with Gasteiger partial charge in [-0.1, -0.05) is 94.4 Å². The Balaban J connectivity index is 2.22. The molecule has 0 aromatic heterocycles. The molecule has 0 aliphatic rings. The second-order valence-corrected chi connectivity index (χ2v) is 14.7. The van der Waals surface area contributed by atoms with Gasteiger partial charge in [0.25, 0.3) is 0 Å². The van der Waals surface area contributed by atoms with Crippen LogP contribution in [-0.4, -0.2) is 25.2 Å². The fourth-order valence-corrected chi connectivity index (χ4v) is 8.38. The van der Waals surface area contributed by atoms with E-state index < -0.39 is 28.5 Å². The van der Waals surface area contributed by atoms with Crippen molar-refractivity contribution in [1.82, 2.24) is 0 Å². The fourth-order valence-electron chi connectivity index (χ4n) is 4.71. The number of benzene rings is 4. The lowest BCUT2D eigenvalue weighted by Crippen LogP contribution is -2.28. The molecule has 9 heteroatoms. The highest BCUT2D eigenvalue weighted by Crippen LogP contribution is 2.57. The van der Waals surface area contributed by atoms with Gasteiger partial charge in [0.1, 0.15) is 7.14 Å². The number of fused-ring (bicyclic) bond motifs is 2. The minimum Gasteiger partial charge on any atom is -0.375 e. The molecule has 0 atom stereocenters. The molecule has 0 saturated heterocycles. The molecule has 36 heavy (non-hydrogen) atoms. The fraction of sp³-hybridized carbons (Fsp3) is 0.259. The molecule has 0 aliphatic heterocycles. The smallest absolute Gasteiger partial charge is 0.375 e. The summed E-state index contributed by atoms with van der Waals surface area (Å²) in [6.45, 7) is 7.42. The normalized spacial score (nSPS) is 13.1. The van der Waals surface area contributed by atoms with E-state index in [1.165, 1.54) is 12.1 Å². The van der Waals surface area contributed by atoms with Gasteiger partial charge >= 0.3 is 15.6 Å². The molecule has 0 radical (unpaired) electrons. The largest absolute Gasteiger partial charge is 0.534 e. The molecule has 190 valence electrons. The molecule has 0 heterocycles. The number of hydrogen-bond donors (Lipinski definition) is 0. The van der Waals surface area contributed by atoms with E-state index in [9.17, 15) is 26.2 Å². The lowest BCUT2D eigenvalue weighted by atomic mass is 9.93. The zero-order valence-corrected chi connectivity index (χ0v) is 21.9. The first kappa shape index (κ1) is 26.2. The molecule has 0 aliphatic carbocycles. The SMILES string of the molecule is CC(C)P(=O)(c1ccc2ccccc2c1-c1c(OS(=O)(=O)C(F)(F)F)ccc2ccccc12)C(C)C. The van der Waals surface area contributed by atoms with Crippen molar-refractivity contribution < 1.29 is 30.3 Å².